The second-order valence-electron chi connectivity index (χ2n) is 4.43. The third-order valence-corrected chi connectivity index (χ3v) is 3.83. The molecule has 0 radical (unpaired) electrons. The van der Waals surface area contributed by atoms with Gasteiger partial charge in [-0.3, -0.25) is 0 Å². The van der Waals surface area contributed by atoms with E-state index in [-0.39, 0.29) is 27.6 Å². The number of fused-ring (bicyclic) bond motifs is 1. The molecule has 0 atom stereocenters. The van der Waals surface area contributed by atoms with Gasteiger partial charge in [-0.1, -0.05) is 23.7 Å². The zero-order chi connectivity index (χ0) is 15.7. The van der Waals surface area contributed by atoms with Crippen molar-refractivity contribution in [3.63, 3.8) is 0 Å². The summed E-state index contributed by atoms with van der Waals surface area (Å²) >= 11 is 6.13. The zero-order valence-corrected chi connectivity index (χ0v) is 12.5. The zero-order valence-electron chi connectivity index (χ0n) is 10.9. The summed E-state index contributed by atoms with van der Waals surface area (Å²) < 4.78 is 17.0. The number of benzene rings is 2. The number of rotatable bonds is 3. The SMILES string of the molecule is O=S=C(c1ccc(C(=O)O)cc1)c1nc2ccc(Cl)cc2o1. The summed E-state index contributed by atoms with van der Waals surface area (Å²) in [5.41, 5.74) is 1.76. The van der Waals surface area contributed by atoms with Crippen LogP contribution in [-0.4, -0.2) is 25.1 Å². The summed E-state index contributed by atoms with van der Waals surface area (Å²) in [4.78, 5) is 15.4. The lowest BCUT2D eigenvalue weighted by molar-refractivity contribution is 0.0697. The fourth-order valence-electron chi connectivity index (χ4n) is 1.97. The first-order valence-electron chi connectivity index (χ1n) is 6.15. The van der Waals surface area contributed by atoms with Crippen LogP contribution in [0.2, 0.25) is 5.02 Å². The molecule has 7 heteroatoms. The van der Waals surface area contributed by atoms with E-state index in [0.717, 1.165) is 0 Å². The van der Waals surface area contributed by atoms with Gasteiger partial charge in [0.15, 0.2) is 5.58 Å². The maximum atomic E-state index is 11.4. The third kappa shape index (κ3) is 2.66. The largest absolute Gasteiger partial charge is 0.478 e. The first-order chi connectivity index (χ1) is 10.6. The molecular weight excluding hydrogens is 326 g/mol. The van der Waals surface area contributed by atoms with Crippen molar-refractivity contribution in [3.8, 4) is 0 Å². The Bertz CT molecular complexity index is 926. The van der Waals surface area contributed by atoms with E-state index in [0.29, 0.717) is 21.7 Å². The standard InChI is InChI=1S/C15H8ClNO4S/c16-10-5-6-11-12(7-10)21-14(17-11)13(22-20)8-1-3-9(4-2-8)15(18)19/h1-7H,(H,18,19). The molecule has 3 rings (SSSR count). The molecule has 0 spiro atoms. The second-order valence-corrected chi connectivity index (χ2v) is 5.44. The Hall–Kier alpha value is -2.44. The average Bonchev–Trinajstić information content (AvgIpc) is 2.91. The van der Waals surface area contributed by atoms with Gasteiger partial charge in [0.05, 0.1) is 5.56 Å². The van der Waals surface area contributed by atoms with Crippen LogP contribution in [0, 0.1) is 0 Å². The Morgan fingerprint density at radius 3 is 2.45 bits per heavy atom. The molecule has 2 aromatic carbocycles. The number of carbonyl (C=O) groups is 1. The lowest BCUT2D eigenvalue weighted by Gasteiger charge is -2.00. The van der Waals surface area contributed by atoms with Crippen LogP contribution in [0.1, 0.15) is 21.8 Å². The maximum absolute atomic E-state index is 11.4. The molecule has 0 aliphatic heterocycles. The van der Waals surface area contributed by atoms with Gasteiger partial charge in [0.25, 0.3) is 0 Å². The Kier molecular flexibility index (Phi) is 3.79. The highest BCUT2D eigenvalue weighted by Crippen LogP contribution is 2.21. The van der Waals surface area contributed by atoms with Crippen molar-refractivity contribution in [2.75, 3.05) is 0 Å². The van der Waals surface area contributed by atoms with Crippen LogP contribution in [0.3, 0.4) is 0 Å². The number of nitrogens with zero attached hydrogens (tertiary/aromatic N) is 1. The second kappa shape index (κ2) is 5.75. The number of aromatic nitrogens is 1. The van der Waals surface area contributed by atoms with Gasteiger partial charge in [-0.15, -0.1) is 0 Å². The van der Waals surface area contributed by atoms with Crippen LogP contribution in [0.4, 0.5) is 0 Å². The minimum absolute atomic E-state index is 0.142. The molecule has 0 aliphatic rings. The minimum Gasteiger partial charge on any atom is -0.478 e. The molecule has 0 bridgehead atoms. The van der Waals surface area contributed by atoms with Gasteiger partial charge < -0.3 is 9.52 Å². The summed E-state index contributed by atoms with van der Waals surface area (Å²) in [6, 6.07) is 10.9. The first kappa shape index (κ1) is 14.5. The molecule has 1 N–H and O–H groups in total. The molecule has 0 unspecified atom stereocenters. The molecule has 0 amide bonds. The van der Waals surface area contributed by atoms with Gasteiger partial charge in [-0.25, -0.2) is 14.0 Å². The highest BCUT2D eigenvalue weighted by molar-refractivity contribution is 7.67. The Labute approximate surface area is 133 Å². The Morgan fingerprint density at radius 2 is 1.82 bits per heavy atom. The predicted octanol–water partition coefficient (Wildman–Crippen LogP) is 2.96. The fraction of sp³-hybridized carbons (Fsp3) is 0. The van der Waals surface area contributed by atoms with Gasteiger partial charge in [0.1, 0.15) is 21.6 Å². The van der Waals surface area contributed by atoms with E-state index >= 15 is 0 Å². The summed E-state index contributed by atoms with van der Waals surface area (Å²) in [5.74, 6) is -0.847. The van der Waals surface area contributed by atoms with Crippen LogP contribution in [0.15, 0.2) is 46.9 Å². The number of hydrogen-bond donors (Lipinski definition) is 1. The molecule has 1 heterocycles. The molecule has 0 aliphatic carbocycles. The van der Waals surface area contributed by atoms with E-state index in [4.69, 9.17) is 21.1 Å². The highest BCUT2D eigenvalue weighted by atomic mass is 35.5. The van der Waals surface area contributed by atoms with Crippen molar-refractivity contribution in [2.24, 2.45) is 0 Å². The van der Waals surface area contributed by atoms with Crippen molar-refractivity contribution in [2.45, 2.75) is 0 Å². The van der Waals surface area contributed by atoms with Crippen LogP contribution < -0.4 is 0 Å². The van der Waals surface area contributed by atoms with Gasteiger partial charge in [-0.05, 0) is 24.3 Å². The molecule has 1 aromatic heterocycles. The van der Waals surface area contributed by atoms with Gasteiger partial charge in [0.2, 0.25) is 5.89 Å². The molecule has 22 heavy (non-hydrogen) atoms. The minimum atomic E-state index is -1.03. The van der Waals surface area contributed by atoms with Crippen LogP contribution in [-0.2, 0) is 11.3 Å². The van der Waals surface area contributed by atoms with Crippen molar-refractivity contribution in [3.05, 3.63) is 64.5 Å². The third-order valence-electron chi connectivity index (χ3n) is 3.02. The van der Waals surface area contributed by atoms with E-state index in [2.05, 4.69) is 4.98 Å². The maximum Gasteiger partial charge on any atom is 0.335 e. The van der Waals surface area contributed by atoms with Gasteiger partial charge in [-0.2, -0.15) is 0 Å². The van der Waals surface area contributed by atoms with E-state index < -0.39 is 5.97 Å². The van der Waals surface area contributed by atoms with Crippen LogP contribution in [0.5, 0.6) is 0 Å². The predicted molar refractivity (Wildman–Crippen MR) is 83.8 cm³/mol. The topological polar surface area (TPSA) is 80.4 Å². The van der Waals surface area contributed by atoms with Crippen molar-refractivity contribution in [1.29, 1.82) is 0 Å². The number of carboxylic acids is 1. The molecule has 5 nitrogen and oxygen atoms in total. The quantitative estimate of drug-likeness (QED) is 0.588. The summed E-state index contributed by atoms with van der Waals surface area (Å²) in [6.45, 7) is 0. The number of halogens is 1. The summed E-state index contributed by atoms with van der Waals surface area (Å²) in [6.07, 6.45) is 0. The van der Waals surface area contributed by atoms with E-state index in [1.54, 1.807) is 30.3 Å². The van der Waals surface area contributed by atoms with Gasteiger partial charge >= 0.3 is 5.97 Å². The lowest BCUT2D eigenvalue weighted by Crippen LogP contribution is -2.04. The molecule has 3 aromatic rings. The van der Waals surface area contributed by atoms with Crippen molar-refractivity contribution >= 4 is 44.8 Å². The monoisotopic (exact) mass is 333 g/mol. The van der Waals surface area contributed by atoms with E-state index in [1.165, 1.54) is 12.1 Å². The summed E-state index contributed by atoms with van der Waals surface area (Å²) in [5, 5.41) is 9.40. The normalized spacial score (nSPS) is 10.6. The number of aromatic carboxylic acids is 1. The summed E-state index contributed by atoms with van der Waals surface area (Å²) in [7, 11) is 0. The van der Waals surface area contributed by atoms with Gasteiger partial charge in [0, 0.05) is 16.7 Å². The number of hydrogen-bond acceptors (Lipinski definition) is 4. The van der Waals surface area contributed by atoms with E-state index in [9.17, 15) is 9.00 Å². The van der Waals surface area contributed by atoms with Crippen LogP contribution >= 0.6 is 11.6 Å². The highest BCUT2D eigenvalue weighted by Gasteiger charge is 2.15. The smallest absolute Gasteiger partial charge is 0.335 e. The molecule has 0 saturated carbocycles. The lowest BCUT2D eigenvalue weighted by atomic mass is 10.1. The van der Waals surface area contributed by atoms with Crippen molar-refractivity contribution in [1.82, 2.24) is 4.98 Å². The molecule has 0 saturated heterocycles. The van der Waals surface area contributed by atoms with Crippen molar-refractivity contribution < 1.29 is 18.5 Å². The fourth-order valence-corrected chi connectivity index (χ4v) is 2.52. The van der Waals surface area contributed by atoms with Crippen LogP contribution in [0.25, 0.3) is 11.1 Å². The average molecular weight is 334 g/mol. The Balaban J connectivity index is 2.06. The molecule has 110 valence electrons. The Morgan fingerprint density at radius 1 is 1.14 bits per heavy atom. The first-order valence-corrected chi connectivity index (χ1v) is 7.27. The number of carboxylic acid groups (broad SMARTS) is 1. The van der Waals surface area contributed by atoms with E-state index in [1.807, 2.05) is 0 Å². The number of oxazole rings is 1. The molecular formula is C15H8ClNO4S. The molecule has 0 fully saturated rings.